The molecule has 4 rings (SSSR count). The predicted octanol–water partition coefficient (Wildman–Crippen LogP) is 5.42. The standard InChI is InChI=1S/C30H38N4O3/c1-30(2,3)34-29(36)37-19-21-13-11-20(12-14-21)18-32-28(35)25-16-27(23-8-6-7-22(15-23)17-31)33-26-10-5-4-9-24(25)26/h4-10,15-16,20-21H,11-14,17-19,31H2,1-3H3,(H,32,35)(H,34,36). The molecule has 196 valence electrons. The first-order chi connectivity index (χ1) is 17.7. The van der Waals surface area contributed by atoms with Gasteiger partial charge in [0, 0.05) is 29.6 Å². The van der Waals surface area contributed by atoms with Crippen molar-refractivity contribution in [3.8, 4) is 11.3 Å². The fourth-order valence-electron chi connectivity index (χ4n) is 4.84. The molecule has 2 amide bonds. The van der Waals surface area contributed by atoms with Crippen molar-refractivity contribution in [3.05, 3.63) is 65.7 Å². The Kier molecular flexibility index (Phi) is 8.44. The van der Waals surface area contributed by atoms with Gasteiger partial charge in [0.1, 0.15) is 0 Å². The van der Waals surface area contributed by atoms with Crippen LogP contribution in [0.1, 0.15) is 62.4 Å². The van der Waals surface area contributed by atoms with Crippen molar-refractivity contribution < 1.29 is 14.3 Å². The molecule has 0 unspecified atom stereocenters. The number of nitrogens with zero attached hydrogens (tertiary/aromatic N) is 1. The predicted molar refractivity (Wildman–Crippen MR) is 147 cm³/mol. The number of benzene rings is 2. The fourth-order valence-corrected chi connectivity index (χ4v) is 4.84. The van der Waals surface area contributed by atoms with Crippen LogP contribution in [0, 0.1) is 11.8 Å². The van der Waals surface area contributed by atoms with Gasteiger partial charge in [0.05, 0.1) is 23.4 Å². The van der Waals surface area contributed by atoms with E-state index in [1.54, 1.807) is 0 Å². The number of fused-ring (bicyclic) bond motifs is 1. The van der Waals surface area contributed by atoms with Crippen LogP contribution >= 0.6 is 0 Å². The highest BCUT2D eigenvalue weighted by Crippen LogP contribution is 2.29. The van der Waals surface area contributed by atoms with Gasteiger partial charge in [0.25, 0.3) is 5.91 Å². The van der Waals surface area contributed by atoms with Crippen molar-refractivity contribution >= 4 is 22.9 Å². The molecule has 1 aliphatic carbocycles. The summed E-state index contributed by atoms with van der Waals surface area (Å²) in [6, 6.07) is 17.6. The van der Waals surface area contributed by atoms with Crippen LogP contribution < -0.4 is 16.4 Å². The molecule has 0 radical (unpaired) electrons. The summed E-state index contributed by atoms with van der Waals surface area (Å²) in [5, 5.41) is 6.84. The van der Waals surface area contributed by atoms with Gasteiger partial charge in [0.15, 0.2) is 0 Å². The van der Waals surface area contributed by atoms with Crippen LogP contribution in [0.3, 0.4) is 0 Å². The molecule has 1 aromatic heterocycles. The van der Waals surface area contributed by atoms with Crippen LogP contribution in [0.2, 0.25) is 0 Å². The zero-order chi connectivity index (χ0) is 26.4. The lowest BCUT2D eigenvalue weighted by atomic mass is 9.82. The summed E-state index contributed by atoms with van der Waals surface area (Å²) in [6.07, 6.45) is 3.62. The Labute approximate surface area is 219 Å². The summed E-state index contributed by atoms with van der Waals surface area (Å²) in [7, 11) is 0. The Morgan fingerprint density at radius 2 is 1.73 bits per heavy atom. The summed E-state index contributed by atoms with van der Waals surface area (Å²) in [6.45, 7) is 7.32. The van der Waals surface area contributed by atoms with E-state index in [4.69, 9.17) is 15.5 Å². The van der Waals surface area contributed by atoms with Crippen LogP contribution in [-0.4, -0.2) is 35.7 Å². The number of amides is 2. The monoisotopic (exact) mass is 502 g/mol. The molecule has 4 N–H and O–H groups in total. The van der Waals surface area contributed by atoms with Crippen molar-refractivity contribution in [2.45, 2.75) is 58.5 Å². The Morgan fingerprint density at radius 1 is 1.00 bits per heavy atom. The number of pyridine rings is 1. The van der Waals surface area contributed by atoms with Gasteiger partial charge < -0.3 is 21.1 Å². The molecule has 2 aromatic carbocycles. The van der Waals surface area contributed by atoms with E-state index in [2.05, 4.69) is 10.6 Å². The molecular formula is C30H38N4O3. The Balaban J connectivity index is 1.36. The van der Waals surface area contributed by atoms with Crippen molar-refractivity contribution in [2.24, 2.45) is 17.6 Å². The van der Waals surface area contributed by atoms with Gasteiger partial charge in [-0.15, -0.1) is 0 Å². The maximum atomic E-state index is 13.3. The zero-order valence-corrected chi connectivity index (χ0v) is 22.0. The van der Waals surface area contributed by atoms with Crippen LogP contribution in [0.4, 0.5) is 4.79 Å². The Morgan fingerprint density at radius 3 is 2.46 bits per heavy atom. The molecule has 0 saturated heterocycles. The lowest BCUT2D eigenvalue weighted by molar-refractivity contribution is 0.0916. The lowest BCUT2D eigenvalue weighted by Crippen LogP contribution is -2.41. The second-order valence-electron chi connectivity index (χ2n) is 11.0. The third-order valence-electron chi connectivity index (χ3n) is 6.86. The summed E-state index contributed by atoms with van der Waals surface area (Å²) in [5.74, 6) is 0.699. The van der Waals surface area contributed by atoms with Crippen molar-refractivity contribution in [1.29, 1.82) is 0 Å². The maximum Gasteiger partial charge on any atom is 0.407 e. The Bertz CT molecular complexity index is 1240. The smallest absolute Gasteiger partial charge is 0.407 e. The van der Waals surface area contributed by atoms with E-state index < -0.39 is 0 Å². The number of alkyl carbamates (subject to hydrolysis) is 1. The first-order valence-corrected chi connectivity index (χ1v) is 13.1. The molecule has 1 fully saturated rings. The highest BCUT2D eigenvalue weighted by atomic mass is 16.5. The van der Waals surface area contributed by atoms with Gasteiger partial charge in [-0.2, -0.15) is 0 Å². The molecule has 0 atom stereocenters. The van der Waals surface area contributed by atoms with Crippen LogP contribution in [0.5, 0.6) is 0 Å². The minimum atomic E-state index is -0.361. The molecular weight excluding hydrogens is 464 g/mol. The zero-order valence-electron chi connectivity index (χ0n) is 22.0. The van der Waals surface area contributed by atoms with Gasteiger partial charge in [-0.1, -0.05) is 36.4 Å². The van der Waals surface area contributed by atoms with Gasteiger partial charge >= 0.3 is 6.09 Å². The average Bonchev–Trinajstić information content (AvgIpc) is 2.89. The molecule has 0 bridgehead atoms. The van der Waals surface area contributed by atoms with Crippen LogP contribution in [-0.2, 0) is 11.3 Å². The molecule has 3 aromatic rings. The number of hydrogen-bond donors (Lipinski definition) is 3. The topological polar surface area (TPSA) is 106 Å². The highest BCUT2D eigenvalue weighted by Gasteiger charge is 2.24. The first kappa shape index (κ1) is 26.6. The lowest BCUT2D eigenvalue weighted by Gasteiger charge is -2.29. The number of nitrogens with one attached hydrogen (secondary N) is 2. The molecule has 37 heavy (non-hydrogen) atoms. The highest BCUT2D eigenvalue weighted by molar-refractivity contribution is 6.07. The molecule has 1 aliphatic rings. The summed E-state index contributed by atoms with van der Waals surface area (Å²) < 4.78 is 5.42. The molecule has 7 nitrogen and oxygen atoms in total. The molecule has 0 aliphatic heterocycles. The maximum absolute atomic E-state index is 13.3. The first-order valence-electron chi connectivity index (χ1n) is 13.1. The third kappa shape index (κ3) is 7.29. The number of aromatic nitrogens is 1. The summed E-state index contributed by atoms with van der Waals surface area (Å²) in [4.78, 5) is 30.1. The minimum absolute atomic E-state index is 0.0841. The number of carbonyl (C=O) groups is 2. The number of hydrogen-bond acceptors (Lipinski definition) is 5. The van der Waals surface area contributed by atoms with Gasteiger partial charge in [0.2, 0.25) is 0 Å². The Hall–Kier alpha value is -3.45. The third-order valence-corrected chi connectivity index (χ3v) is 6.86. The normalized spacial score (nSPS) is 17.8. The van der Waals surface area contributed by atoms with E-state index in [1.165, 1.54) is 0 Å². The van der Waals surface area contributed by atoms with E-state index in [9.17, 15) is 9.59 Å². The number of ether oxygens (including phenoxy) is 1. The van der Waals surface area contributed by atoms with Crippen molar-refractivity contribution in [2.75, 3.05) is 13.2 Å². The number of nitrogens with two attached hydrogens (primary N) is 1. The van der Waals surface area contributed by atoms with E-state index in [1.807, 2.05) is 75.4 Å². The van der Waals surface area contributed by atoms with E-state index in [-0.39, 0.29) is 17.5 Å². The van der Waals surface area contributed by atoms with Gasteiger partial charge in [-0.25, -0.2) is 9.78 Å². The van der Waals surface area contributed by atoms with Gasteiger partial charge in [-0.3, -0.25) is 4.79 Å². The van der Waals surface area contributed by atoms with E-state index in [0.29, 0.717) is 37.1 Å². The quantitative estimate of drug-likeness (QED) is 0.400. The average molecular weight is 503 g/mol. The molecule has 7 heteroatoms. The SMILES string of the molecule is CC(C)(C)NC(=O)OCC1CCC(CNC(=O)c2cc(-c3cccc(CN)c3)nc3ccccc23)CC1. The minimum Gasteiger partial charge on any atom is -0.449 e. The summed E-state index contributed by atoms with van der Waals surface area (Å²) in [5.41, 5.74) is 9.67. The number of carbonyl (C=O) groups excluding carboxylic acids is 2. The second kappa shape index (κ2) is 11.7. The van der Waals surface area contributed by atoms with Crippen LogP contribution in [0.15, 0.2) is 54.6 Å². The molecule has 1 saturated carbocycles. The van der Waals surface area contributed by atoms with Gasteiger partial charge in [-0.05, 0) is 82.1 Å². The largest absolute Gasteiger partial charge is 0.449 e. The van der Waals surface area contributed by atoms with Crippen molar-refractivity contribution in [1.82, 2.24) is 15.6 Å². The van der Waals surface area contributed by atoms with E-state index in [0.717, 1.165) is 53.4 Å². The second-order valence-corrected chi connectivity index (χ2v) is 11.0. The fraction of sp³-hybridized carbons (Fsp3) is 0.433. The van der Waals surface area contributed by atoms with Crippen LogP contribution in [0.25, 0.3) is 22.2 Å². The number of rotatable bonds is 7. The van der Waals surface area contributed by atoms with E-state index >= 15 is 0 Å². The van der Waals surface area contributed by atoms with Crippen molar-refractivity contribution in [3.63, 3.8) is 0 Å². The summed E-state index contributed by atoms with van der Waals surface area (Å²) >= 11 is 0. The molecule has 1 heterocycles. The molecule has 0 spiro atoms. The number of para-hydroxylation sites is 1.